The number of hydrogen-bond acceptors (Lipinski definition) is 4. The maximum Gasteiger partial charge on any atom is 2.00 e. The van der Waals surface area contributed by atoms with E-state index in [0.29, 0.717) is 0 Å². The minimum atomic E-state index is -0.523. The first-order chi connectivity index (χ1) is 5.74. The van der Waals surface area contributed by atoms with Crippen molar-refractivity contribution in [1.82, 2.24) is 0 Å². The Labute approximate surface area is 107 Å². The van der Waals surface area contributed by atoms with Gasteiger partial charge in [0.1, 0.15) is 5.75 Å². The number of ether oxygens (including phenoxy) is 1. The Hall–Kier alpha value is -0.650. The molecule has 0 heterocycles. The van der Waals surface area contributed by atoms with E-state index >= 15 is 0 Å². The first-order valence-corrected chi connectivity index (χ1v) is 3.09. The van der Waals surface area contributed by atoms with Crippen molar-refractivity contribution < 1.29 is 17.3 Å². The van der Waals surface area contributed by atoms with E-state index in [4.69, 9.17) is 0 Å². The molecular formula is C7H7CaNO4. The zero-order chi connectivity index (χ0) is 8.97. The molecule has 0 fully saturated rings. The van der Waals surface area contributed by atoms with E-state index in [1.807, 2.05) is 0 Å². The van der Waals surface area contributed by atoms with Crippen LogP contribution in [0.5, 0.6) is 5.75 Å². The van der Waals surface area contributed by atoms with Crippen molar-refractivity contribution in [3.63, 3.8) is 0 Å². The number of nitrogens with zero attached hydrogens (tertiary/aromatic N) is 1. The molecule has 0 aromatic heterocycles. The summed E-state index contributed by atoms with van der Waals surface area (Å²) in [5.41, 5.74) is -0.0340. The van der Waals surface area contributed by atoms with Crippen LogP contribution in [0.25, 0.3) is 0 Å². The Morgan fingerprint density at radius 3 is 2.31 bits per heavy atom. The van der Waals surface area contributed by atoms with Gasteiger partial charge in [-0.25, -0.2) is 0 Å². The molecule has 1 aromatic carbocycles. The molecule has 1 aromatic rings. The minimum Gasteiger partial charge on any atom is -1.00 e. The summed E-state index contributed by atoms with van der Waals surface area (Å²) in [6.07, 6.45) is 0. The number of non-ortho nitro benzene ring substituents is 1. The molecule has 0 atom stereocenters. The van der Waals surface area contributed by atoms with Crippen LogP contribution < -0.4 is 4.74 Å². The van der Waals surface area contributed by atoms with Gasteiger partial charge in [0.2, 0.25) is 0 Å². The van der Waals surface area contributed by atoms with Gasteiger partial charge in [0.15, 0.2) is 0 Å². The molecule has 0 amide bonds. The van der Waals surface area contributed by atoms with Crippen LogP contribution in [0.15, 0.2) is 24.3 Å². The molecule has 0 aliphatic rings. The molecule has 6 heteroatoms. The van der Waals surface area contributed by atoms with E-state index in [9.17, 15) is 14.9 Å². The number of carbonyl (C=O) groups excluding carboxylic acids is 1. The molecule has 0 aliphatic heterocycles. The van der Waals surface area contributed by atoms with Crippen molar-refractivity contribution in [2.75, 3.05) is 0 Å². The standard InChI is InChI=1S/C7H5NO4.Ca.2H/c9-5-12-7-3-1-6(2-4-7)8(10)11;;;/h1-5H;;;/q;+2;2*-1. The van der Waals surface area contributed by atoms with Crippen LogP contribution in [0, 0.1) is 10.1 Å². The fourth-order valence-corrected chi connectivity index (χ4v) is 0.702. The van der Waals surface area contributed by atoms with Gasteiger partial charge in [-0.15, -0.1) is 0 Å². The fraction of sp³-hybridized carbons (Fsp3) is 0. The molecule has 0 unspecified atom stereocenters. The first-order valence-electron chi connectivity index (χ1n) is 3.09. The average Bonchev–Trinajstić information content (AvgIpc) is 2.06. The van der Waals surface area contributed by atoms with Crippen LogP contribution in [-0.4, -0.2) is 49.1 Å². The van der Waals surface area contributed by atoms with Crippen molar-refractivity contribution >= 4 is 49.9 Å². The third-order valence-electron chi connectivity index (χ3n) is 1.23. The van der Waals surface area contributed by atoms with Crippen LogP contribution in [-0.2, 0) is 4.79 Å². The van der Waals surface area contributed by atoms with Crippen molar-refractivity contribution in [2.45, 2.75) is 0 Å². The quantitative estimate of drug-likeness (QED) is 0.322. The molecule has 0 radical (unpaired) electrons. The van der Waals surface area contributed by atoms with Crippen molar-refractivity contribution in [3.05, 3.63) is 34.4 Å². The second-order valence-corrected chi connectivity index (χ2v) is 1.97. The van der Waals surface area contributed by atoms with Crippen LogP contribution >= 0.6 is 0 Å². The zero-order valence-electron chi connectivity index (χ0n) is 8.67. The van der Waals surface area contributed by atoms with E-state index in [1.165, 1.54) is 24.3 Å². The summed E-state index contributed by atoms with van der Waals surface area (Å²) >= 11 is 0. The monoisotopic (exact) mass is 209 g/mol. The maximum absolute atomic E-state index is 10.2. The Bertz CT molecular complexity index is 306. The molecule has 5 nitrogen and oxygen atoms in total. The maximum atomic E-state index is 10.2. The number of benzene rings is 1. The number of nitro groups is 1. The van der Waals surface area contributed by atoms with Gasteiger partial charge < -0.3 is 7.59 Å². The topological polar surface area (TPSA) is 69.4 Å². The molecule has 0 saturated carbocycles. The van der Waals surface area contributed by atoms with Gasteiger partial charge in [-0.1, -0.05) is 0 Å². The SMILES string of the molecule is O=COc1ccc([N+](=O)[O-])cc1.[Ca+2].[H-].[H-]. The molecular weight excluding hydrogens is 202 g/mol. The molecule has 13 heavy (non-hydrogen) atoms. The van der Waals surface area contributed by atoms with Crippen molar-refractivity contribution in [1.29, 1.82) is 0 Å². The summed E-state index contributed by atoms with van der Waals surface area (Å²) in [5, 5.41) is 10.2. The average molecular weight is 209 g/mol. The summed E-state index contributed by atoms with van der Waals surface area (Å²) in [6, 6.07) is 5.23. The second kappa shape index (κ2) is 5.90. The van der Waals surface area contributed by atoms with Gasteiger partial charge in [0.05, 0.1) is 4.92 Å². The molecule has 1 rings (SSSR count). The normalized spacial score (nSPS) is 8.31. The van der Waals surface area contributed by atoms with Gasteiger partial charge in [-0.3, -0.25) is 14.9 Å². The molecule has 0 spiro atoms. The van der Waals surface area contributed by atoms with Gasteiger partial charge in [-0.2, -0.15) is 0 Å². The number of hydrogen-bond donors (Lipinski definition) is 0. The molecule has 0 aliphatic carbocycles. The van der Waals surface area contributed by atoms with Gasteiger partial charge in [-0.05, 0) is 12.1 Å². The van der Waals surface area contributed by atoms with Gasteiger partial charge >= 0.3 is 37.7 Å². The summed E-state index contributed by atoms with van der Waals surface area (Å²) < 4.78 is 4.44. The van der Waals surface area contributed by atoms with E-state index < -0.39 is 4.92 Å². The third-order valence-corrected chi connectivity index (χ3v) is 1.23. The summed E-state index contributed by atoms with van der Waals surface area (Å²) in [5.74, 6) is 0.288. The number of rotatable bonds is 3. The van der Waals surface area contributed by atoms with Gasteiger partial charge in [0.25, 0.3) is 12.2 Å². The Morgan fingerprint density at radius 2 is 1.92 bits per heavy atom. The van der Waals surface area contributed by atoms with Crippen molar-refractivity contribution in [2.24, 2.45) is 0 Å². The van der Waals surface area contributed by atoms with E-state index in [0.717, 1.165) is 0 Å². The minimum absolute atomic E-state index is 0. The largest absolute Gasteiger partial charge is 2.00 e. The zero-order valence-corrected chi connectivity index (χ0v) is 8.88. The smallest absolute Gasteiger partial charge is 1.00 e. The Balaban J connectivity index is -0.000000480. The van der Waals surface area contributed by atoms with E-state index in [2.05, 4.69) is 4.74 Å². The Morgan fingerprint density at radius 1 is 1.38 bits per heavy atom. The molecule has 0 bridgehead atoms. The van der Waals surface area contributed by atoms with Crippen LogP contribution in [0.3, 0.4) is 0 Å². The predicted molar refractivity (Wildman–Crippen MR) is 47.8 cm³/mol. The van der Waals surface area contributed by atoms with Crippen LogP contribution in [0.1, 0.15) is 2.85 Å². The predicted octanol–water partition coefficient (Wildman–Crippen LogP) is 0.974. The third kappa shape index (κ3) is 3.71. The number of carbonyl (C=O) groups is 1. The second-order valence-electron chi connectivity index (χ2n) is 1.97. The van der Waals surface area contributed by atoms with Gasteiger partial charge in [0, 0.05) is 12.1 Å². The fourth-order valence-electron chi connectivity index (χ4n) is 0.702. The number of nitro benzene ring substituents is 1. The van der Waals surface area contributed by atoms with Crippen LogP contribution in [0.4, 0.5) is 5.69 Å². The summed E-state index contributed by atoms with van der Waals surface area (Å²) in [4.78, 5) is 19.5. The molecule has 66 valence electrons. The summed E-state index contributed by atoms with van der Waals surface area (Å²) in [7, 11) is 0. The van der Waals surface area contributed by atoms with Crippen LogP contribution in [0.2, 0.25) is 0 Å². The van der Waals surface area contributed by atoms with Crippen molar-refractivity contribution in [3.8, 4) is 5.75 Å². The Kier molecular flexibility index (Phi) is 5.61. The molecule has 0 N–H and O–H groups in total. The molecule has 0 saturated heterocycles. The van der Waals surface area contributed by atoms with E-state index in [1.54, 1.807) is 0 Å². The summed E-state index contributed by atoms with van der Waals surface area (Å²) in [6.45, 7) is 0.265. The van der Waals surface area contributed by atoms with E-state index in [-0.39, 0.29) is 58.5 Å². The first kappa shape index (κ1) is 12.3.